The van der Waals surface area contributed by atoms with Crippen LogP contribution in [-0.2, 0) is 0 Å². The summed E-state index contributed by atoms with van der Waals surface area (Å²) < 4.78 is 1.57. The summed E-state index contributed by atoms with van der Waals surface area (Å²) in [6, 6.07) is 16.9. The van der Waals surface area contributed by atoms with Gasteiger partial charge in [0.05, 0.1) is 17.3 Å². The summed E-state index contributed by atoms with van der Waals surface area (Å²) >= 11 is 0. The molecule has 0 amide bonds. The number of nitrogens with zero attached hydrogens (tertiary/aromatic N) is 5. The number of imidazole rings is 1. The molecular weight excluding hydrogens is 262 g/mol. The quantitative estimate of drug-likeness (QED) is 0.679. The van der Waals surface area contributed by atoms with E-state index in [-0.39, 0.29) is 11.4 Å². The minimum Gasteiger partial charge on any atom is -0.289 e. The third-order valence-corrected chi connectivity index (χ3v) is 3.26. The molecule has 0 spiro atoms. The van der Waals surface area contributed by atoms with Crippen molar-refractivity contribution in [3.63, 3.8) is 0 Å². The molecule has 0 aliphatic carbocycles. The summed E-state index contributed by atoms with van der Waals surface area (Å²) in [5, 5.41) is 29.0. The Kier molecular flexibility index (Phi) is 2.84. The molecule has 5 heteroatoms. The van der Waals surface area contributed by atoms with Crippen LogP contribution in [0, 0.1) is 34.0 Å². The third-order valence-electron chi connectivity index (χ3n) is 3.26. The first-order valence-corrected chi connectivity index (χ1v) is 6.10. The Morgan fingerprint density at radius 1 is 0.857 bits per heavy atom. The summed E-state index contributed by atoms with van der Waals surface area (Å²) in [6.45, 7) is 0. The van der Waals surface area contributed by atoms with Crippen molar-refractivity contribution in [3.05, 3.63) is 59.7 Å². The Labute approximate surface area is 120 Å². The Balaban J connectivity index is 2.39. The lowest BCUT2D eigenvalue weighted by Crippen LogP contribution is -1.98. The SMILES string of the molecule is N#Cc1ncn(-c2ccc(C#N)c3ccccc23)c1C#N. The molecule has 0 radical (unpaired) electrons. The number of rotatable bonds is 1. The molecule has 0 aliphatic rings. The van der Waals surface area contributed by atoms with E-state index >= 15 is 0 Å². The van der Waals surface area contributed by atoms with Crippen LogP contribution in [0.5, 0.6) is 0 Å². The van der Waals surface area contributed by atoms with Crippen molar-refractivity contribution >= 4 is 10.8 Å². The van der Waals surface area contributed by atoms with Gasteiger partial charge in [0.15, 0.2) is 11.4 Å². The zero-order chi connectivity index (χ0) is 14.8. The molecule has 0 saturated carbocycles. The van der Waals surface area contributed by atoms with Crippen LogP contribution in [0.2, 0.25) is 0 Å². The van der Waals surface area contributed by atoms with Gasteiger partial charge in [-0.15, -0.1) is 0 Å². The van der Waals surface area contributed by atoms with Crippen LogP contribution in [0.15, 0.2) is 42.7 Å². The first-order chi connectivity index (χ1) is 10.3. The molecular formula is C16H7N5. The maximum atomic E-state index is 9.24. The van der Waals surface area contributed by atoms with Gasteiger partial charge < -0.3 is 0 Å². The number of hydrogen-bond donors (Lipinski definition) is 0. The van der Waals surface area contributed by atoms with Gasteiger partial charge in [0.2, 0.25) is 0 Å². The molecule has 3 aromatic rings. The molecule has 0 bridgehead atoms. The molecule has 0 fully saturated rings. The van der Waals surface area contributed by atoms with Crippen LogP contribution in [0.25, 0.3) is 16.5 Å². The van der Waals surface area contributed by atoms with Crippen LogP contribution in [0.4, 0.5) is 0 Å². The number of benzene rings is 2. The third kappa shape index (κ3) is 1.80. The Morgan fingerprint density at radius 2 is 1.62 bits per heavy atom. The van der Waals surface area contributed by atoms with Crippen molar-refractivity contribution < 1.29 is 0 Å². The second-order valence-electron chi connectivity index (χ2n) is 4.33. The topological polar surface area (TPSA) is 89.2 Å². The highest BCUT2D eigenvalue weighted by molar-refractivity contribution is 5.94. The zero-order valence-electron chi connectivity index (χ0n) is 10.8. The highest BCUT2D eigenvalue weighted by atomic mass is 15.1. The summed E-state index contributed by atoms with van der Waals surface area (Å²) in [5.74, 6) is 0. The van der Waals surface area contributed by atoms with E-state index in [1.165, 1.54) is 6.33 Å². The second kappa shape index (κ2) is 4.81. The van der Waals surface area contributed by atoms with E-state index in [0.29, 0.717) is 5.56 Å². The van der Waals surface area contributed by atoms with Crippen LogP contribution in [0.1, 0.15) is 17.0 Å². The number of nitriles is 3. The summed E-state index contributed by atoms with van der Waals surface area (Å²) in [6.07, 6.45) is 1.45. The lowest BCUT2D eigenvalue weighted by molar-refractivity contribution is 1.05. The molecule has 2 aromatic carbocycles. The van der Waals surface area contributed by atoms with Gasteiger partial charge in [-0.1, -0.05) is 24.3 Å². The fourth-order valence-corrected chi connectivity index (χ4v) is 2.31. The van der Waals surface area contributed by atoms with E-state index in [2.05, 4.69) is 11.1 Å². The largest absolute Gasteiger partial charge is 0.289 e. The number of fused-ring (bicyclic) bond motifs is 1. The molecule has 5 nitrogen and oxygen atoms in total. The maximum absolute atomic E-state index is 9.24. The predicted octanol–water partition coefficient (Wildman–Crippen LogP) is 2.64. The minimum absolute atomic E-state index is 0.0888. The molecule has 1 aromatic heterocycles. The van der Waals surface area contributed by atoms with Gasteiger partial charge in [0, 0.05) is 10.8 Å². The van der Waals surface area contributed by atoms with E-state index in [1.807, 2.05) is 36.4 Å². The van der Waals surface area contributed by atoms with Gasteiger partial charge >= 0.3 is 0 Å². The maximum Gasteiger partial charge on any atom is 0.177 e. The summed E-state index contributed by atoms with van der Waals surface area (Å²) in [4.78, 5) is 3.95. The van der Waals surface area contributed by atoms with Gasteiger partial charge in [0.25, 0.3) is 0 Å². The average molecular weight is 269 g/mol. The lowest BCUT2D eigenvalue weighted by atomic mass is 10.0. The zero-order valence-corrected chi connectivity index (χ0v) is 10.8. The van der Waals surface area contributed by atoms with Gasteiger partial charge in [-0.2, -0.15) is 15.8 Å². The van der Waals surface area contributed by atoms with Crippen LogP contribution in [0.3, 0.4) is 0 Å². The van der Waals surface area contributed by atoms with E-state index in [4.69, 9.17) is 5.26 Å². The van der Waals surface area contributed by atoms with Crippen molar-refractivity contribution in [1.29, 1.82) is 15.8 Å². The molecule has 0 N–H and O–H groups in total. The smallest absolute Gasteiger partial charge is 0.177 e. The van der Waals surface area contributed by atoms with Gasteiger partial charge in [-0.3, -0.25) is 4.57 Å². The van der Waals surface area contributed by atoms with Gasteiger partial charge in [-0.05, 0) is 12.1 Å². The fourth-order valence-electron chi connectivity index (χ4n) is 2.31. The molecule has 0 unspecified atom stereocenters. The molecule has 0 atom stereocenters. The van der Waals surface area contributed by atoms with Crippen molar-refractivity contribution in [3.8, 4) is 23.9 Å². The minimum atomic E-state index is 0.0888. The van der Waals surface area contributed by atoms with Crippen molar-refractivity contribution in [2.45, 2.75) is 0 Å². The molecule has 0 aliphatic heterocycles. The normalized spacial score (nSPS) is 9.76. The molecule has 0 saturated heterocycles. The number of aromatic nitrogens is 2. The van der Waals surface area contributed by atoms with Crippen LogP contribution >= 0.6 is 0 Å². The van der Waals surface area contributed by atoms with E-state index in [9.17, 15) is 10.5 Å². The van der Waals surface area contributed by atoms with Crippen molar-refractivity contribution in [1.82, 2.24) is 9.55 Å². The Bertz CT molecular complexity index is 977. The first-order valence-electron chi connectivity index (χ1n) is 6.10. The lowest BCUT2D eigenvalue weighted by Gasteiger charge is -2.09. The highest BCUT2D eigenvalue weighted by Gasteiger charge is 2.14. The molecule has 21 heavy (non-hydrogen) atoms. The molecule has 1 heterocycles. The van der Waals surface area contributed by atoms with E-state index < -0.39 is 0 Å². The number of hydrogen-bond acceptors (Lipinski definition) is 4. The monoisotopic (exact) mass is 269 g/mol. The predicted molar refractivity (Wildman–Crippen MR) is 75.2 cm³/mol. The highest BCUT2D eigenvalue weighted by Crippen LogP contribution is 2.26. The van der Waals surface area contributed by atoms with Crippen LogP contribution < -0.4 is 0 Å². The average Bonchev–Trinajstić information content (AvgIpc) is 2.96. The molecule has 3 rings (SSSR count). The summed E-state index contributed by atoms with van der Waals surface area (Å²) in [5.41, 5.74) is 1.56. The fraction of sp³-hybridized carbons (Fsp3) is 0. The van der Waals surface area contributed by atoms with Gasteiger partial charge in [-0.25, -0.2) is 4.98 Å². The van der Waals surface area contributed by atoms with Crippen LogP contribution in [-0.4, -0.2) is 9.55 Å². The van der Waals surface area contributed by atoms with E-state index in [1.54, 1.807) is 16.7 Å². The standard InChI is InChI=1S/C16H7N5/c17-7-11-5-6-15(13-4-2-1-3-12(11)13)21-10-20-14(8-18)16(21)9-19/h1-6,10H. The Hall–Kier alpha value is -3.62. The first kappa shape index (κ1) is 12.4. The van der Waals surface area contributed by atoms with Crippen molar-refractivity contribution in [2.24, 2.45) is 0 Å². The summed E-state index contributed by atoms with van der Waals surface area (Å²) in [7, 11) is 0. The Morgan fingerprint density at radius 3 is 2.29 bits per heavy atom. The van der Waals surface area contributed by atoms with Gasteiger partial charge in [0.1, 0.15) is 18.5 Å². The second-order valence-corrected chi connectivity index (χ2v) is 4.33. The molecule has 96 valence electrons. The van der Waals surface area contributed by atoms with E-state index in [0.717, 1.165) is 16.5 Å². The van der Waals surface area contributed by atoms with Crippen molar-refractivity contribution in [2.75, 3.05) is 0 Å².